The highest BCUT2D eigenvalue weighted by atomic mass is 16.5. The molecule has 0 aromatic heterocycles. The Morgan fingerprint density at radius 3 is 2.29 bits per heavy atom. The fourth-order valence-corrected chi connectivity index (χ4v) is 1.70. The van der Waals surface area contributed by atoms with Gasteiger partial charge in [-0.1, -0.05) is 26.0 Å². The zero-order valence-corrected chi connectivity index (χ0v) is 11.9. The van der Waals surface area contributed by atoms with E-state index < -0.39 is 0 Å². The van der Waals surface area contributed by atoms with Crippen LogP contribution in [0, 0.1) is 0 Å². The molecule has 0 saturated carbocycles. The van der Waals surface area contributed by atoms with Crippen molar-refractivity contribution in [2.24, 2.45) is 0 Å². The predicted molar refractivity (Wildman–Crippen MR) is 73.7 cm³/mol. The number of benzene rings is 1. The van der Waals surface area contributed by atoms with E-state index in [2.05, 4.69) is 57.8 Å². The number of rotatable bonds is 5. The molecule has 0 fully saturated rings. The lowest BCUT2D eigenvalue weighted by molar-refractivity contribution is 0.261. The first-order valence-electron chi connectivity index (χ1n) is 6.32. The minimum atomic E-state index is 0.542. The molecule has 0 aliphatic heterocycles. The van der Waals surface area contributed by atoms with Gasteiger partial charge in [-0.3, -0.25) is 4.90 Å². The van der Waals surface area contributed by atoms with Crippen molar-refractivity contribution in [2.45, 2.75) is 46.2 Å². The second kappa shape index (κ2) is 6.06. The molecule has 2 nitrogen and oxygen atoms in total. The standard InChI is InChI=1S/C15H25NO/c1-11(2)13-7-8-14(15(9-13)17-6)10-16(5)12(3)4/h7-9,11-12H,10H2,1-6H3. The van der Waals surface area contributed by atoms with Crippen molar-refractivity contribution in [3.63, 3.8) is 0 Å². The molecule has 0 radical (unpaired) electrons. The van der Waals surface area contributed by atoms with E-state index in [0.717, 1.165) is 12.3 Å². The highest BCUT2D eigenvalue weighted by Gasteiger charge is 2.10. The summed E-state index contributed by atoms with van der Waals surface area (Å²) in [5.41, 5.74) is 2.59. The molecule has 17 heavy (non-hydrogen) atoms. The molecule has 0 amide bonds. The van der Waals surface area contributed by atoms with Crippen LogP contribution in [0.25, 0.3) is 0 Å². The molecule has 0 N–H and O–H groups in total. The summed E-state index contributed by atoms with van der Waals surface area (Å²) in [5, 5.41) is 0. The smallest absolute Gasteiger partial charge is 0.123 e. The van der Waals surface area contributed by atoms with Crippen LogP contribution < -0.4 is 4.74 Å². The third-order valence-corrected chi connectivity index (χ3v) is 3.28. The minimum Gasteiger partial charge on any atom is -0.496 e. The van der Waals surface area contributed by atoms with Crippen molar-refractivity contribution in [2.75, 3.05) is 14.2 Å². The van der Waals surface area contributed by atoms with Gasteiger partial charge in [-0.25, -0.2) is 0 Å². The van der Waals surface area contributed by atoms with Crippen LogP contribution in [0.1, 0.15) is 44.7 Å². The van der Waals surface area contributed by atoms with Crippen LogP contribution in [0.5, 0.6) is 5.75 Å². The third kappa shape index (κ3) is 3.74. The number of methoxy groups -OCH3 is 1. The molecule has 0 aliphatic rings. The summed E-state index contributed by atoms with van der Waals surface area (Å²) in [6.07, 6.45) is 0. The monoisotopic (exact) mass is 235 g/mol. The van der Waals surface area contributed by atoms with Crippen molar-refractivity contribution in [1.82, 2.24) is 4.90 Å². The van der Waals surface area contributed by atoms with Gasteiger partial charge in [0.1, 0.15) is 5.75 Å². The van der Waals surface area contributed by atoms with Gasteiger partial charge in [0.25, 0.3) is 0 Å². The predicted octanol–water partition coefficient (Wildman–Crippen LogP) is 3.66. The van der Waals surface area contributed by atoms with E-state index in [9.17, 15) is 0 Å². The fourth-order valence-electron chi connectivity index (χ4n) is 1.70. The van der Waals surface area contributed by atoms with Gasteiger partial charge in [-0.15, -0.1) is 0 Å². The van der Waals surface area contributed by atoms with Crippen molar-refractivity contribution in [3.8, 4) is 5.75 Å². The molecule has 2 heteroatoms. The van der Waals surface area contributed by atoms with E-state index in [4.69, 9.17) is 4.74 Å². The van der Waals surface area contributed by atoms with E-state index >= 15 is 0 Å². The van der Waals surface area contributed by atoms with E-state index in [1.165, 1.54) is 11.1 Å². The minimum absolute atomic E-state index is 0.542. The molecule has 1 aromatic rings. The van der Waals surface area contributed by atoms with Crippen LogP contribution >= 0.6 is 0 Å². The molecule has 1 rings (SSSR count). The maximum atomic E-state index is 5.49. The SMILES string of the molecule is COc1cc(C(C)C)ccc1CN(C)C(C)C. The summed E-state index contributed by atoms with van der Waals surface area (Å²) in [6, 6.07) is 7.10. The van der Waals surface area contributed by atoms with Crippen molar-refractivity contribution < 1.29 is 4.74 Å². The Kier molecular flexibility index (Phi) is 5.01. The first-order valence-corrected chi connectivity index (χ1v) is 6.32. The second-order valence-corrected chi connectivity index (χ2v) is 5.23. The van der Waals surface area contributed by atoms with Gasteiger partial charge in [0.05, 0.1) is 7.11 Å². The first-order chi connectivity index (χ1) is 7.95. The Bertz CT molecular complexity index is 358. The topological polar surface area (TPSA) is 12.5 Å². The zero-order chi connectivity index (χ0) is 13.0. The Morgan fingerprint density at radius 2 is 1.82 bits per heavy atom. The van der Waals surface area contributed by atoms with E-state index in [1.54, 1.807) is 7.11 Å². The molecular formula is C15H25NO. The average Bonchev–Trinajstić information content (AvgIpc) is 2.28. The Labute approximate surface area is 106 Å². The van der Waals surface area contributed by atoms with Crippen LogP contribution in [0.15, 0.2) is 18.2 Å². The van der Waals surface area contributed by atoms with Gasteiger partial charge in [0.2, 0.25) is 0 Å². The third-order valence-electron chi connectivity index (χ3n) is 3.28. The molecular weight excluding hydrogens is 210 g/mol. The lowest BCUT2D eigenvalue weighted by atomic mass is 10.0. The van der Waals surface area contributed by atoms with E-state index in [0.29, 0.717) is 12.0 Å². The number of hydrogen-bond donors (Lipinski definition) is 0. The van der Waals surface area contributed by atoms with E-state index in [-0.39, 0.29) is 0 Å². The largest absolute Gasteiger partial charge is 0.496 e. The zero-order valence-electron chi connectivity index (χ0n) is 11.9. The highest BCUT2D eigenvalue weighted by Crippen LogP contribution is 2.25. The Morgan fingerprint density at radius 1 is 1.18 bits per heavy atom. The number of nitrogens with zero attached hydrogens (tertiary/aromatic N) is 1. The number of hydrogen-bond acceptors (Lipinski definition) is 2. The van der Waals surface area contributed by atoms with E-state index in [1.807, 2.05) is 0 Å². The lowest BCUT2D eigenvalue weighted by Gasteiger charge is -2.22. The van der Waals surface area contributed by atoms with Crippen LogP contribution in [0.2, 0.25) is 0 Å². The molecule has 0 unspecified atom stereocenters. The van der Waals surface area contributed by atoms with Gasteiger partial charge < -0.3 is 4.74 Å². The van der Waals surface area contributed by atoms with Crippen molar-refractivity contribution in [3.05, 3.63) is 29.3 Å². The second-order valence-electron chi connectivity index (χ2n) is 5.23. The molecule has 0 aliphatic carbocycles. The van der Waals surface area contributed by atoms with Gasteiger partial charge in [-0.05, 0) is 38.4 Å². The quantitative estimate of drug-likeness (QED) is 0.772. The highest BCUT2D eigenvalue weighted by molar-refractivity contribution is 5.38. The number of ether oxygens (including phenoxy) is 1. The van der Waals surface area contributed by atoms with Gasteiger partial charge in [0, 0.05) is 18.2 Å². The van der Waals surface area contributed by atoms with Crippen molar-refractivity contribution >= 4 is 0 Å². The summed E-state index contributed by atoms with van der Waals surface area (Å²) in [5.74, 6) is 1.55. The molecule has 0 spiro atoms. The van der Waals surface area contributed by atoms with Crippen LogP contribution in [0.3, 0.4) is 0 Å². The van der Waals surface area contributed by atoms with Crippen LogP contribution in [-0.2, 0) is 6.54 Å². The molecule has 1 aromatic carbocycles. The molecule has 0 saturated heterocycles. The molecule has 0 atom stereocenters. The Hall–Kier alpha value is -1.02. The normalized spacial score (nSPS) is 11.6. The maximum Gasteiger partial charge on any atom is 0.123 e. The maximum absolute atomic E-state index is 5.49. The van der Waals surface area contributed by atoms with Gasteiger partial charge >= 0.3 is 0 Å². The molecule has 96 valence electrons. The van der Waals surface area contributed by atoms with Crippen LogP contribution in [-0.4, -0.2) is 25.1 Å². The van der Waals surface area contributed by atoms with Gasteiger partial charge in [-0.2, -0.15) is 0 Å². The summed E-state index contributed by atoms with van der Waals surface area (Å²) >= 11 is 0. The summed E-state index contributed by atoms with van der Waals surface area (Å²) in [7, 11) is 3.89. The molecule has 0 bridgehead atoms. The van der Waals surface area contributed by atoms with Crippen LogP contribution in [0.4, 0.5) is 0 Å². The fraction of sp³-hybridized carbons (Fsp3) is 0.600. The summed E-state index contributed by atoms with van der Waals surface area (Å²) in [6.45, 7) is 9.74. The summed E-state index contributed by atoms with van der Waals surface area (Å²) < 4.78 is 5.49. The average molecular weight is 235 g/mol. The van der Waals surface area contributed by atoms with Gasteiger partial charge in [0.15, 0.2) is 0 Å². The first kappa shape index (κ1) is 14.0. The lowest BCUT2D eigenvalue weighted by Crippen LogP contribution is -2.25. The Balaban J connectivity index is 2.93. The van der Waals surface area contributed by atoms with Crippen molar-refractivity contribution in [1.29, 1.82) is 0 Å². The summed E-state index contributed by atoms with van der Waals surface area (Å²) in [4.78, 5) is 2.31. The molecule has 0 heterocycles.